The van der Waals surface area contributed by atoms with E-state index in [1.807, 2.05) is 42.6 Å². The summed E-state index contributed by atoms with van der Waals surface area (Å²) < 4.78 is 6.14. The highest BCUT2D eigenvalue weighted by molar-refractivity contribution is 6.03. The summed E-state index contributed by atoms with van der Waals surface area (Å²) in [6.07, 6.45) is 1.87. The molecule has 4 rings (SSSR count). The first-order chi connectivity index (χ1) is 15.0. The van der Waals surface area contributed by atoms with Gasteiger partial charge in [0.25, 0.3) is 0 Å². The van der Waals surface area contributed by atoms with Gasteiger partial charge in [0, 0.05) is 11.8 Å². The van der Waals surface area contributed by atoms with Crippen molar-refractivity contribution in [1.29, 1.82) is 0 Å². The third kappa shape index (κ3) is 4.48. The highest BCUT2D eigenvalue weighted by Crippen LogP contribution is 2.29. The van der Waals surface area contributed by atoms with Gasteiger partial charge in [0.2, 0.25) is 0 Å². The Kier molecular flexibility index (Phi) is 5.80. The predicted molar refractivity (Wildman–Crippen MR) is 125 cm³/mol. The van der Waals surface area contributed by atoms with Crippen LogP contribution in [0.1, 0.15) is 32.6 Å². The van der Waals surface area contributed by atoms with Gasteiger partial charge in [0.15, 0.2) is 0 Å². The minimum Gasteiger partial charge on any atom is -0.488 e. The van der Waals surface area contributed by atoms with Crippen molar-refractivity contribution in [2.45, 2.75) is 20.5 Å². The predicted octanol–water partition coefficient (Wildman–Crippen LogP) is 6.48. The second-order valence-electron chi connectivity index (χ2n) is 7.47. The fraction of sp³-hybridized carbons (Fsp3) is 0.111. The number of carboxylic acid groups (broad SMARTS) is 1. The van der Waals surface area contributed by atoms with E-state index < -0.39 is 5.97 Å². The van der Waals surface area contributed by atoms with Gasteiger partial charge in [-0.15, -0.1) is 0 Å². The highest BCUT2D eigenvalue weighted by atomic mass is 16.5. The van der Waals surface area contributed by atoms with Crippen molar-refractivity contribution >= 4 is 28.6 Å². The zero-order valence-corrected chi connectivity index (χ0v) is 17.5. The van der Waals surface area contributed by atoms with Crippen LogP contribution in [0, 0.1) is 13.8 Å². The van der Waals surface area contributed by atoms with Crippen LogP contribution in [0.2, 0.25) is 0 Å². The van der Waals surface area contributed by atoms with Gasteiger partial charge in [0.1, 0.15) is 12.4 Å². The second kappa shape index (κ2) is 8.84. The number of aliphatic imine (C=N–C) groups is 1. The number of rotatable bonds is 6. The fourth-order valence-electron chi connectivity index (χ4n) is 3.45. The van der Waals surface area contributed by atoms with Crippen LogP contribution in [0.5, 0.6) is 5.75 Å². The van der Waals surface area contributed by atoms with E-state index in [4.69, 9.17) is 14.8 Å². The van der Waals surface area contributed by atoms with Crippen molar-refractivity contribution in [3.63, 3.8) is 0 Å². The molecule has 0 heterocycles. The Morgan fingerprint density at radius 1 is 0.935 bits per heavy atom. The lowest BCUT2D eigenvalue weighted by Crippen LogP contribution is -2.01. The lowest BCUT2D eigenvalue weighted by atomic mass is 10.0. The first-order valence-corrected chi connectivity index (χ1v) is 10.1. The molecule has 0 aromatic heterocycles. The summed E-state index contributed by atoms with van der Waals surface area (Å²) in [5.41, 5.74) is 5.37. The van der Waals surface area contributed by atoms with E-state index >= 15 is 0 Å². The number of carbonyl (C=O) groups is 1. The van der Waals surface area contributed by atoms with E-state index in [2.05, 4.69) is 32.0 Å². The Balaban J connectivity index is 1.67. The summed E-state index contributed by atoms with van der Waals surface area (Å²) in [7, 11) is 0. The van der Waals surface area contributed by atoms with E-state index in [9.17, 15) is 4.79 Å². The Morgan fingerprint density at radius 2 is 1.71 bits per heavy atom. The van der Waals surface area contributed by atoms with Gasteiger partial charge < -0.3 is 9.84 Å². The van der Waals surface area contributed by atoms with Crippen LogP contribution in [0.3, 0.4) is 0 Å². The van der Waals surface area contributed by atoms with Crippen LogP contribution in [-0.2, 0) is 6.61 Å². The molecule has 0 radical (unpaired) electrons. The van der Waals surface area contributed by atoms with E-state index in [0.717, 1.165) is 38.9 Å². The van der Waals surface area contributed by atoms with Crippen LogP contribution >= 0.6 is 0 Å². The Morgan fingerprint density at radius 3 is 2.48 bits per heavy atom. The number of ether oxygens (including phenoxy) is 1. The molecule has 0 spiro atoms. The first kappa shape index (κ1) is 20.4. The molecule has 0 saturated heterocycles. The zero-order chi connectivity index (χ0) is 21.8. The molecule has 0 aliphatic heterocycles. The second-order valence-corrected chi connectivity index (χ2v) is 7.47. The molecule has 0 atom stereocenters. The van der Waals surface area contributed by atoms with E-state index in [1.165, 1.54) is 5.56 Å². The summed E-state index contributed by atoms with van der Waals surface area (Å²) in [5, 5.41) is 11.2. The molecular weight excluding hydrogens is 386 g/mol. The largest absolute Gasteiger partial charge is 0.488 e. The zero-order valence-electron chi connectivity index (χ0n) is 17.5. The molecular formula is C27H23NO3. The molecule has 31 heavy (non-hydrogen) atoms. The third-order valence-electron chi connectivity index (χ3n) is 5.43. The van der Waals surface area contributed by atoms with Crippen molar-refractivity contribution in [2.24, 2.45) is 4.99 Å². The molecule has 154 valence electrons. The lowest BCUT2D eigenvalue weighted by Gasteiger charge is -2.12. The van der Waals surface area contributed by atoms with Crippen molar-refractivity contribution in [3.05, 3.63) is 107 Å². The van der Waals surface area contributed by atoms with E-state index in [1.54, 1.807) is 24.3 Å². The summed E-state index contributed by atoms with van der Waals surface area (Å²) in [4.78, 5) is 15.8. The van der Waals surface area contributed by atoms with Crippen molar-refractivity contribution < 1.29 is 14.6 Å². The SMILES string of the molecule is Cc1cccc(N=Cc2c(OCc3ccc(C(=O)O)cc3)ccc3ccccc23)c1C. The number of fused-ring (bicyclic) bond motifs is 1. The molecule has 1 N–H and O–H groups in total. The van der Waals surface area contributed by atoms with Gasteiger partial charge in [-0.1, -0.05) is 54.6 Å². The van der Waals surface area contributed by atoms with E-state index in [-0.39, 0.29) is 5.56 Å². The summed E-state index contributed by atoms with van der Waals surface area (Å²) >= 11 is 0. The maximum Gasteiger partial charge on any atom is 0.335 e. The number of benzene rings is 4. The summed E-state index contributed by atoms with van der Waals surface area (Å²) in [5.74, 6) is -0.206. The van der Waals surface area contributed by atoms with Crippen LogP contribution in [0.25, 0.3) is 10.8 Å². The first-order valence-electron chi connectivity index (χ1n) is 10.1. The van der Waals surface area contributed by atoms with Crippen LogP contribution in [0.4, 0.5) is 5.69 Å². The molecule has 4 nitrogen and oxygen atoms in total. The average Bonchev–Trinajstić information content (AvgIpc) is 2.79. The maximum atomic E-state index is 11.0. The third-order valence-corrected chi connectivity index (χ3v) is 5.43. The molecule has 0 fully saturated rings. The standard InChI is InChI=1S/C27H23NO3/c1-18-6-5-9-25(19(18)2)28-16-24-23-8-4-3-7-21(23)14-15-26(24)31-17-20-10-12-22(13-11-20)27(29)30/h3-16H,17H2,1-2H3,(H,29,30). The minimum absolute atomic E-state index is 0.260. The van der Waals surface area contributed by atoms with Crippen LogP contribution < -0.4 is 4.74 Å². The fourth-order valence-corrected chi connectivity index (χ4v) is 3.45. The molecule has 4 aromatic carbocycles. The van der Waals surface area contributed by atoms with Crippen LogP contribution in [-0.4, -0.2) is 17.3 Å². The molecule has 0 unspecified atom stereocenters. The Bertz CT molecular complexity index is 1270. The molecule has 0 aliphatic carbocycles. The van der Waals surface area contributed by atoms with Gasteiger partial charge in [-0.25, -0.2) is 4.79 Å². The van der Waals surface area contributed by atoms with Crippen molar-refractivity contribution in [1.82, 2.24) is 0 Å². The smallest absolute Gasteiger partial charge is 0.335 e. The molecule has 0 bridgehead atoms. The van der Waals surface area contributed by atoms with E-state index in [0.29, 0.717) is 6.61 Å². The van der Waals surface area contributed by atoms with Gasteiger partial charge in [-0.3, -0.25) is 4.99 Å². The molecule has 0 aliphatic rings. The van der Waals surface area contributed by atoms with Crippen molar-refractivity contribution in [2.75, 3.05) is 0 Å². The topological polar surface area (TPSA) is 58.9 Å². The quantitative estimate of drug-likeness (QED) is 0.371. The van der Waals surface area contributed by atoms with Gasteiger partial charge in [0.05, 0.1) is 11.3 Å². The maximum absolute atomic E-state index is 11.0. The molecule has 4 heteroatoms. The molecule has 4 aromatic rings. The van der Waals surface area contributed by atoms with Gasteiger partial charge in [-0.05, 0) is 65.6 Å². The normalized spacial score (nSPS) is 11.2. The average molecular weight is 409 g/mol. The van der Waals surface area contributed by atoms with Crippen molar-refractivity contribution in [3.8, 4) is 5.75 Å². The number of hydrogen-bond donors (Lipinski definition) is 1. The summed E-state index contributed by atoms with van der Waals surface area (Å²) in [6, 6.07) is 25.0. The van der Waals surface area contributed by atoms with Crippen LogP contribution in [0.15, 0.2) is 83.9 Å². The van der Waals surface area contributed by atoms with Gasteiger partial charge in [-0.2, -0.15) is 0 Å². The monoisotopic (exact) mass is 409 g/mol. The molecule has 0 amide bonds. The Labute approximate surface area is 181 Å². The number of aromatic carboxylic acids is 1. The highest BCUT2D eigenvalue weighted by Gasteiger charge is 2.09. The number of carboxylic acids is 1. The van der Waals surface area contributed by atoms with Gasteiger partial charge >= 0.3 is 5.97 Å². The lowest BCUT2D eigenvalue weighted by molar-refractivity contribution is 0.0697. The molecule has 0 saturated carbocycles. The summed E-state index contributed by atoms with van der Waals surface area (Å²) in [6.45, 7) is 4.49. The number of hydrogen-bond acceptors (Lipinski definition) is 3. The minimum atomic E-state index is -0.938. The Hall–Kier alpha value is -3.92. The number of aryl methyl sites for hydroxylation is 1. The number of nitrogens with zero attached hydrogens (tertiary/aromatic N) is 1.